The van der Waals surface area contributed by atoms with Crippen LogP contribution in [-0.4, -0.2) is 23.1 Å². The highest BCUT2D eigenvalue weighted by Crippen LogP contribution is 2.35. The van der Waals surface area contributed by atoms with Crippen molar-refractivity contribution in [3.63, 3.8) is 0 Å². The minimum atomic E-state index is -1.34. The molecule has 0 aromatic carbocycles. The lowest BCUT2D eigenvalue weighted by atomic mass is 9.79. The predicted octanol–water partition coefficient (Wildman–Crippen LogP) is 0.0828. The van der Waals surface area contributed by atoms with Crippen molar-refractivity contribution in [1.82, 2.24) is 0 Å². The van der Waals surface area contributed by atoms with Crippen LogP contribution < -0.4 is 0 Å². The van der Waals surface area contributed by atoms with Crippen LogP contribution in [0.2, 0.25) is 0 Å². The summed E-state index contributed by atoms with van der Waals surface area (Å²) in [5, 5.41) is 0. The van der Waals surface area contributed by atoms with E-state index in [0.717, 1.165) is 0 Å². The first-order valence-corrected chi connectivity index (χ1v) is 3.98. The molecule has 0 bridgehead atoms. The summed E-state index contributed by atoms with van der Waals surface area (Å²) in [4.78, 5) is 44.2. The van der Waals surface area contributed by atoms with Gasteiger partial charge in [0.25, 0.3) is 0 Å². The molecule has 1 aliphatic rings. The summed E-state index contributed by atoms with van der Waals surface area (Å²) in [6, 6.07) is 0. The Kier molecular flexibility index (Phi) is 2.15. The molecule has 0 N–H and O–H groups in total. The monoisotopic (exact) mass is 182 g/mol. The molecule has 0 radical (unpaired) electrons. The Labute approximate surface area is 75.3 Å². The summed E-state index contributed by atoms with van der Waals surface area (Å²) < 4.78 is 0. The van der Waals surface area contributed by atoms with Gasteiger partial charge in [0.1, 0.15) is 17.0 Å². The quantitative estimate of drug-likeness (QED) is 0.448. The lowest BCUT2D eigenvalue weighted by molar-refractivity contribution is -0.139. The van der Waals surface area contributed by atoms with Gasteiger partial charge in [0.15, 0.2) is 11.6 Å². The maximum atomic E-state index is 11.2. The van der Waals surface area contributed by atoms with E-state index in [9.17, 15) is 19.2 Å². The highest BCUT2D eigenvalue weighted by Gasteiger charge is 2.50. The lowest BCUT2D eigenvalue weighted by Crippen LogP contribution is -2.34. The Balaban J connectivity index is 3.10. The number of Topliss-reactive ketones (excluding diaryl/α,β-unsaturated/α-hetero) is 4. The average molecular weight is 182 g/mol. The topological polar surface area (TPSA) is 68.3 Å². The van der Waals surface area contributed by atoms with Gasteiger partial charge in [-0.1, -0.05) is 0 Å². The van der Waals surface area contributed by atoms with Crippen LogP contribution in [0.15, 0.2) is 0 Å². The zero-order valence-electron chi connectivity index (χ0n) is 7.55. The number of ketones is 4. The highest BCUT2D eigenvalue weighted by atomic mass is 16.2. The lowest BCUT2D eigenvalue weighted by Gasteiger charge is -2.19. The van der Waals surface area contributed by atoms with E-state index in [1.165, 1.54) is 13.8 Å². The second-order valence-corrected chi connectivity index (χ2v) is 3.39. The molecule has 70 valence electrons. The summed E-state index contributed by atoms with van der Waals surface area (Å²) in [5.41, 5.74) is -1.34. The fourth-order valence-corrected chi connectivity index (χ4v) is 1.55. The van der Waals surface area contributed by atoms with Crippen LogP contribution in [0.1, 0.15) is 26.7 Å². The number of rotatable bonds is 2. The first-order valence-electron chi connectivity index (χ1n) is 3.98. The second-order valence-electron chi connectivity index (χ2n) is 3.39. The van der Waals surface area contributed by atoms with Crippen molar-refractivity contribution in [3.8, 4) is 0 Å². The van der Waals surface area contributed by atoms with Crippen LogP contribution in [0.3, 0.4) is 0 Å². The van der Waals surface area contributed by atoms with Crippen LogP contribution in [0.25, 0.3) is 0 Å². The molecule has 1 aliphatic carbocycles. The maximum Gasteiger partial charge on any atom is 0.199 e. The molecule has 0 heterocycles. The summed E-state index contributed by atoms with van der Waals surface area (Å²) in [6.45, 7) is 2.49. The standard InChI is InChI=1S/C9H10O4/c1-5(10)9(6(2)11)3-7(12)8(13)4-9/h3-4H2,1-2H3. The summed E-state index contributed by atoms with van der Waals surface area (Å²) in [5.74, 6) is -1.99. The van der Waals surface area contributed by atoms with E-state index < -0.39 is 17.0 Å². The van der Waals surface area contributed by atoms with Crippen LogP contribution in [0.5, 0.6) is 0 Å². The molecule has 13 heavy (non-hydrogen) atoms. The summed E-state index contributed by atoms with van der Waals surface area (Å²) >= 11 is 0. The molecule has 1 rings (SSSR count). The van der Waals surface area contributed by atoms with Gasteiger partial charge in [0, 0.05) is 12.8 Å². The van der Waals surface area contributed by atoms with Crippen molar-refractivity contribution < 1.29 is 19.2 Å². The third-order valence-corrected chi connectivity index (χ3v) is 2.58. The molecule has 0 aromatic rings. The van der Waals surface area contributed by atoms with Crippen molar-refractivity contribution in [1.29, 1.82) is 0 Å². The van der Waals surface area contributed by atoms with Crippen LogP contribution in [-0.2, 0) is 19.2 Å². The van der Waals surface area contributed by atoms with Crippen molar-refractivity contribution in [2.24, 2.45) is 5.41 Å². The third-order valence-electron chi connectivity index (χ3n) is 2.58. The molecule has 0 unspecified atom stereocenters. The van der Waals surface area contributed by atoms with Gasteiger partial charge >= 0.3 is 0 Å². The largest absolute Gasteiger partial charge is 0.299 e. The van der Waals surface area contributed by atoms with Crippen LogP contribution >= 0.6 is 0 Å². The molecule has 0 aliphatic heterocycles. The van der Waals surface area contributed by atoms with Crippen molar-refractivity contribution in [2.75, 3.05) is 0 Å². The Hall–Kier alpha value is -1.32. The van der Waals surface area contributed by atoms with E-state index in [0.29, 0.717) is 0 Å². The second kappa shape index (κ2) is 2.87. The van der Waals surface area contributed by atoms with Gasteiger partial charge < -0.3 is 0 Å². The van der Waals surface area contributed by atoms with Gasteiger partial charge in [-0.3, -0.25) is 19.2 Å². The Morgan fingerprint density at radius 1 is 1.00 bits per heavy atom. The maximum absolute atomic E-state index is 11.2. The van der Waals surface area contributed by atoms with Crippen LogP contribution in [0, 0.1) is 5.41 Å². The molecule has 0 amide bonds. The molecule has 0 aromatic heterocycles. The molecule has 4 heteroatoms. The van der Waals surface area contributed by atoms with Gasteiger partial charge in [-0.05, 0) is 13.8 Å². The zero-order valence-corrected chi connectivity index (χ0v) is 7.55. The van der Waals surface area contributed by atoms with E-state index in [1.54, 1.807) is 0 Å². The van der Waals surface area contributed by atoms with E-state index in [-0.39, 0.29) is 24.4 Å². The smallest absolute Gasteiger partial charge is 0.199 e. The van der Waals surface area contributed by atoms with Crippen molar-refractivity contribution in [2.45, 2.75) is 26.7 Å². The van der Waals surface area contributed by atoms with Crippen molar-refractivity contribution >= 4 is 23.1 Å². The van der Waals surface area contributed by atoms with E-state index in [4.69, 9.17) is 0 Å². The summed E-state index contributed by atoms with van der Waals surface area (Å²) in [7, 11) is 0. The average Bonchev–Trinajstić information content (AvgIpc) is 2.29. The third kappa shape index (κ3) is 1.32. The van der Waals surface area contributed by atoms with E-state index in [2.05, 4.69) is 0 Å². The van der Waals surface area contributed by atoms with Gasteiger partial charge in [-0.2, -0.15) is 0 Å². The molecule has 0 saturated heterocycles. The Morgan fingerprint density at radius 2 is 1.31 bits per heavy atom. The molecule has 0 atom stereocenters. The molecule has 4 nitrogen and oxygen atoms in total. The predicted molar refractivity (Wildman–Crippen MR) is 43.0 cm³/mol. The summed E-state index contributed by atoms with van der Waals surface area (Å²) in [6.07, 6.45) is -0.479. The fourth-order valence-electron chi connectivity index (χ4n) is 1.55. The first kappa shape index (κ1) is 9.77. The highest BCUT2D eigenvalue weighted by molar-refractivity contribution is 6.42. The van der Waals surface area contributed by atoms with Crippen LogP contribution in [0.4, 0.5) is 0 Å². The van der Waals surface area contributed by atoms with Crippen molar-refractivity contribution in [3.05, 3.63) is 0 Å². The number of carbonyl (C=O) groups excluding carboxylic acids is 4. The van der Waals surface area contributed by atoms with E-state index in [1.807, 2.05) is 0 Å². The van der Waals surface area contributed by atoms with Gasteiger partial charge in [0.2, 0.25) is 0 Å². The minimum absolute atomic E-state index is 0.240. The van der Waals surface area contributed by atoms with Gasteiger partial charge in [0.05, 0.1) is 0 Å². The SMILES string of the molecule is CC(=O)C1(C(C)=O)CC(=O)C(=O)C1. The first-order chi connectivity index (χ1) is 5.90. The normalized spacial score (nSPS) is 20.5. The molecular formula is C9H10O4. The van der Waals surface area contributed by atoms with Gasteiger partial charge in [-0.25, -0.2) is 0 Å². The molecular weight excluding hydrogens is 172 g/mol. The van der Waals surface area contributed by atoms with E-state index >= 15 is 0 Å². The van der Waals surface area contributed by atoms with Gasteiger partial charge in [-0.15, -0.1) is 0 Å². The number of hydrogen-bond donors (Lipinski definition) is 0. The Morgan fingerprint density at radius 3 is 1.46 bits per heavy atom. The molecule has 1 fully saturated rings. The fraction of sp³-hybridized carbons (Fsp3) is 0.556. The number of hydrogen-bond acceptors (Lipinski definition) is 4. The molecule has 0 spiro atoms. The Bertz CT molecular complexity index is 282. The zero-order chi connectivity index (χ0) is 10.2. The number of carbonyl (C=O) groups is 4. The minimum Gasteiger partial charge on any atom is -0.299 e. The molecule has 1 saturated carbocycles.